The Bertz CT molecular complexity index is 1310. The van der Waals surface area contributed by atoms with Gasteiger partial charge in [-0.15, -0.1) is 11.8 Å². The van der Waals surface area contributed by atoms with Crippen LogP contribution in [0.25, 0.3) is 6.08 Å². The van der Waals surface area contributed by atoms with Gasteiger partial charge in [-0.25, -0.2) is 0 Å². The fraction of sp³-hybridized carbons (Fsp3) is 0.143. The van der Waals surface area contributed by atoms with Crippen LogP contribution in [0.15, 0.2) is 100 Å². The van der Waals surface area contributed by atoms with Crippen LogP contribution in [0.3, 0.4) is 0 Å². The molecule has 2 heterocycles. The van der Waals surface area contributed by atoms with Crippen molar-refractivity contribution in [3.63, 3.8) is 0 Å². The maximum atomic E-state index is 13.4. The Balaban J connectivity index is 1.47. The summed E-state index contributed by atoms with van der Waals surface area (Å²) in [7, 11) is 1.63. The molecule has 0 N–H and O–H groups in total. The minimum atomic E-state index is -0.136. The number of anilines is 1. The van der Waals surface area contributed by atoms with Gasteiger partial charge in [-0.1, -0.05) is 48.0 Å². The van der Waals surface area contributed by atoms with Crippen molar-refractivity contribution in [2.24, 2.45) is 5.10 Å². The number of thioether (sulfide) groups is 1. The van der Waals surface area contributed by atoms with E-state index in [2.05, 4.69) is 31.2 Å². The number of carbonyl (C=O) groups is 1. The second kappa shape index (κ2) is 9.61. The molecule has 0 saturated heterocycles. The normalized spacial score (nSPS) is 16.1. The van der Waals surface area contributed by atoms with Gasteiger partial charge in [-0.3, -0.25) is 4.79 Å². The summed E-state index contributed by atoms with van der Waals surface area (Å²) >= 11 is 1.67. The molecule has 34 heavy (non-hydrogen) atoms. The maximum absolute atomic E-state index is 13.4. The Morgan fingerprint density at radius 3 is 2.62 bits per heavy atom. The molecule has 0 aromatic heterocycles. The third-order valence-corrected chi connectivity index (χ3v) is 6.66. The number of ether oxygens (including phenoxy) is 2. The molecule has 1 amide bonds. The second-order valence-corrected chi connectivity index (χ2v) is 9.09. The van der Waals surface area contributed by atoms with Crippen LogP contribution in [0.1, 0.15) is 11.1 Å². The van der Waals surface area contributed by atoms with E-state index in [1.165, 1.54) is 10.6 Å². The molecule has 2 aliphatic rings. The molecule has 0 saturated carbocycles. The quantitative estimate of drug-likeness (QED) is 0.334. The van der Waals surface area contributed by atoms with E-state index < -0.39 is 0 Å². The van der Waals surface area contributed by atoms with Gasteiger partial charge >= 0.3 is 0 Å². The number of hydrogen-bond acceptors (Lipinski definition) is 5. The molecule has 0 aliphatic carbocycles. The van der Waals surface area contributed by atoms with Crippen molar-refractivity contribution in [3.8, 4) is 11.5 Å². The highest BCUT2D eigenvalue weighted by molar-refractivity contribution is 8.00. The third kappa shape index (κ3) is 4.50. The minimum Gasteiger partial charge on any atom is -0.493 e. The van der Waals surface area contributed by atoms with Gasteiger partial charge in [-0.2, -0.15) is 10.1 Å². The number of hydrazone groups is 1. The Hall–Kier alpha value is -3.77. The van der Waals surface area contributed by atoms with Crippen molar-refractivity contribution < 1.29 is 14.3 Å². The number of methoxy groups -OCH3 is 1. The standard InChI is InChI=1S/C28H24N2O3S/c1-19-11-13-23(14-12-19)34-18-25-24(28(31)30(29-25)22-8-4-3-5-9-22)16-20-15-21-7-6-10-26(32-2)27(21)33-17-20/h3-16H,17-18H2,1-2H3/b24-16-. The molecule has 3 aromatic rings. The zero-order chi connectivity index (χ0) is 23.5. The minimum absolute atomic E-state index is 0.136. The van der Waals surface area contributed by atoms with Crippen LogP contribution in [0, 0.1) is 6.92 Å². The summed E-state index contributed by atoms with van der Waals surface area (Å²) in [6, 6.07) is 23.7. The lowest BCUT2D eigenvalue weighted by Crippen LogP contribution is -2.22. The molecule has 3 aromatic carbocycles. The van der Waals surface area contributed by atoms with Crippen LogP contribution in [-0.2, 0) is 4.79 Å². The monoisotopic (exact) mass is 468 g/mol. The number of fused-ring (bicyclic) bond motifs is 1. The molecule has 0 unspecified atom stereocenters. The molecule has 2 aliphatic heterocycles. The predicted molar refractivity (Wildman–Crippen MR) is 138 cm³/mol. The van der Waals surface area contributed by atoms with E-state index in [1.54, 1.807) is 18.9 Å². The first-order valence-corrected chi connectivity index (χ1v) is 12.0. The van der Waals surface area contributed by atoms with Crippen molar-refractivity contribution in [1.82, 2.24) is 0 Å². The SMILES string of the molecule is COc1cccc2c1OCC(/C=C1\C(=O)N(c3ccccc3)N=C1CSc1ccc(C)cc1)=C2. The number of nitrogens with zero attached hydrogens (tertiary/aromatic N) is 2. The Labute approximate surface area is 203 Å². The van der Waals surface area contributed by atoms with Gasteiger partial charge in [0.25, 0.3) is 5.91 Å². The average molecular weight is 469 g/mol. The molecule has 170 valence electrons. The van der Waals surface area contributed by atoms with Crippen LogP contribution < -0.4 is 14.5 Å². The van der Waals surface area contributed by atoms with Crippen molar-refractivity contribution >= 4 is 35.1 Å². The van der Waals surface area contributed by atoms with Gasteiger partial charge in [0.05, 0.1) is 24.1 Å². The lowest BCUT2D eigenvalue weighted by atomic mass is 10.0. The van der Waals surface area contributed by atoms with Crippen LogP contribution in [0.5, 0.6) is 11.5 Å². The highest BCUT2D eigenvalue weighted by Crippen LogP contribution is 2.36. The largest absolute Gasteiger partial charge is 0.493 e. The lowest BCUT2D eigenvalue weighted by Gasteiger charge is -2.19. The van der Waals surface area contributed by atoms with Crippen LogP contribution in [0.4, 0.5) is 5.69 Å². The van der Waals surface area contributed by atoms with E-state index in [-0.39, 0.29) is 5.91 Å². The molecule has 0 spiro atoms. The van der Waals surface area contributed by atoms with Crippen molar-refractivity contribution in [3.05, 3.63) is 101 Å². The number of aryl methyl sites for hydroxylation is 1. The fourth-order valence-electron chi connectivity index (χ4n) is 3.87. The smallest absolute Gasteiger partial charge is 0.280 e. The summed E-state index contributed by atoms with van der Waals surface area (Å²) in [6.45, 7) is 2.42. The zero-order valence-electron chi connectivity index (χ0n) is 19.0. The molecule has 5 nitrogen and oxygen atoms in total. The number of benzene rings is 3. The van der Waals surface area contributed by atoms with Gasteiger partial charge in [0.1, 0.15) is 6.61 Å². The third-order valence-electron chi connectivity index (χ3n) is 5.63. The van der Waals surface area contributed by atoms with Crippen LogP contribution in [0.2, 0.25) is 0 Å². The zero-order valence-corrected chi connectivity index (χ0v) is 19.8. The predicted octanol–water partition coefficient (Wildman–Crippen LogP) is 5.90. The number of carbonyl (C=O) groups excluding carboxylic acids is 1. The lowest BCUT2D eigenvalue weighted by molar-refractivity contribution is -0.114. The first-order valence-electron chi connectivity index (χ1n) is 11.0. The fourth-order valence-corrected chi connectivity index (χ4v) is 4.71. The summed E-state index contributed by atoms with van der Waals surface area (Å²) in [4.78, 5) is 14.6. The van der Waals surface area contributed by atoms with E-state index >= 15 is 0 Å². The molecule has 0 bridgehead atoms. The van der Waals surface area contributed by atoms with Crippen molar-refractivity contribution in [2.45, 2.75) is 11.8 Å². The molecule has 5 rings (SSSR count). The van der Waals surface area contributed by atoms with Crippen molar-refractivity contribution in [1.29, 1.82) is 0 Å². The highest BCUT2D eigenvalue weighted by Gasteiger charge is 2.31. The number of amides is 1. The Kier molecular flexibility index (Phi) is 6.23. The van der Waals surface area contributed by atoms with Gasteiger partial charge in [-0.05, 0) is 55.0 Å². The van der Waals surface area contributed by atoms with Crippen molar-refractivity contribution in [2.75, 3.05) is 24.5 Å². The van der Waals surface area contributed by atoms with Gasteiger partial charge in [0, 0.05) is 16.2 Å². The van der Waals surface area contributed by atoms with Gasteiger partial charge in [0.15, 0.2) is 11.5 Å². The highest BCUT2D eigenvalue weighted by atomic mass is 32.2. The van der Waals surface area contributed by atoms with E-state index in [4.69, 9.17) is 14.6 Å². The Morgan fingerprint density at radius 1 is 1.06 bits per heavy atom. The van der Waals surface area contributed by atoms with Gasteiger partial charge < -0.3 is 9.47 Å². The molecule has 0 atom stereocenters. The van der Waals surface area contributed by atoms with Crippen LogP contribution >= 0.6 is 11.8 Å². The molecule has 6 heteroatoms. The molecular weight excluding hydrogens is 444 g/mol. The maximum Gasteiger partial charge on any atom is 0.280 e. The van der Waals surface area contributed by atoms with E-state index in [1.807, 2.05) is 60.7 Å². The summed E-state index contributed by atoms with van der Waals surface area (Å²) in [5.74, 6) is 1.87. The summed E-state index contributed by atoms with van der Waals surface area (Å²) in [6.07, 6.45) is 3.94. The topological polar surface area (TPSA) is 51.1 Å². The number of hydrogen-bond donors (Lipinski definition) is 0. The number of rotatable bonds is 6. The number of para-hydroxylation sites is 2. The molecule has 0 radical (unpaired) electrons. The Morgan fingerprint density at radius 2 is 1.85 bits per heavy atom. The molecular formula is C28H24N2O3S. The summed E-state index contributed by atoms with van der Waals surface area (Å²) < 4.78 is 11.4. The summed E-state index contributed by atoms with van der Waals surface area (Å²) in [5.41, 5.74) is 5.14. The van der Waals surface area contributed by atoms with E-state index in [0.29, 0.717) is 23.7 Å². The van der Waals surface area contributed by atoms with Gasteiger partial charge in [0.2, 0.25) is 0 Å². The average Bonchev–Trinajstić information content (AvgIpc) is 3.18. The summed E-state index contributed by atoms with van der Waals surface area (Å²) in [5, 5.41) is 6.20. The van der Waals surface area contributed by atoms with E-state index in [0.717, 1.165) is 33.2 Å². The second-order valence-electron chi connectivity index (χ2n) is 8.05. The van der Waals surface area contributed by atoms with E-state index in [9.17, 15) is 4.79 Å². The first-order chi connectivity index (χ1) is 16.6. The first kappa shape index (κ1) is 22.0. The molecule has 0 fully saturated rings. The van der Waals surface area contributed by atoms with Crippen LogP contribution in [-0.4, -0.2) is 31.1 Å².